The molecule has 0 fully saturated rings. The second kappa shape index (κ2) is 6.39. The smallest absolute Gasteiger partial charge is 0.163 e. The number of hydrogen-bond acceptors (Lipinski definition) is 3. The van der Waals surface area contributed by atoms with Gasteiger partial charge in [0.1, 0.15) is 0 Å². The highest BCUT2D eigenvalue weighted by Gasteiger charge is 2.18. The number of aliphatic imine (C=N–C) groups is 1. The fourth-order valence-corrected chi connectivity index (χ4v) is 3.67. The molecule has 1 aliphatic rings. The predicted molar refractivity (Wildman–Crippen MR) is 98.5 cm³/mol. The van der Waals surface area contributed by atoms with Crippen LogP contribution in [0.25, 0.3) is 10.9 Å². The highest BCUT2D eigenvalue weighted by atomic mass is 127. The van der Waals surface area contributed by atoms with Crippen molar-refractivity contribution in [3.63, 3.8) is 0 Å². The van der Waals surface area contributed by atoms with Crippen LogP contribution in [0.4, 0.5) is 0 Å². The van der Waals surface area contributed by atoms with Gasteiger partial charge in [0, 0.05) is 48.7 Å². The van der Waals surface area contributed by atoms with Gasteiger partial charge in [0.05, 0.1) is 0 Å². The van der Waals surface area contributed by atoms with Gasteiger partial charge >= 0.3 is 0 Å². The summed E-state index contributed by atoms with van der Waals surface area (Å²) < 4.78 is 2.26. The van der Waals surface area contributed by atoms with E-state index in [0.29, 0.717) is 0 Å². The number of benzene rings is 1. The minimum Gasteiger partial charge on any atom is -0.354 e. The summed E-state index contributed by atoms with van der Waals surface area (Å²) in [6, 6.07) is 8.59. The molecule has 0 bridgehead atoms. The van der Waals surface area contributed by atoms with E-state index >= 15 is 0 Å². The van der Waals surface area contributed by atoms with Crippen molar-refractivity contribution < 1.29 is 0 Å². The van der Waals surface area contributed by atoms with Crippen LogP contribution in [-0.4, -0.2) is 34.8 Å². The third-order valence-electron chi connectivity index (χ3n) is 3.76. The molecule has 1 aromatic carbocycles. The molecule has 0 unspecified atom stereocenters. The lowest BCUT2D eigenvalue weighted by Crippen LogP contribution is -2.29. The van der Waals surface area contributed by atoms with Gasteiger partial charge in [0.25, 0.3) is 0 Å². The number of hydrogen-bond donors (Lipinski definition) is 0. The maximum atomic E-state index is 4.66. The van der Waals surface area contributed by atoms with E-state index in [1.54, 1.807) is 11.8 Å². The van der Waals surface area contributed by atoms with Gasteiger partial charge in [-0.15, -0.1) is 24.0 Å². The Labute approximate surface area is 141 Å². The van der Waals surface area contributed by atoms with E-state index in [9.17, 15) is 0 Å². The predicted octanol–water partition coefficient (Wildman–Crippen LogP) is 3.89. The quantitative estimate of drug-likeness (QED) is 0.676. The zero-order chi connectivity index (χ0) is 13.4. The summed E-state index contributed by atoms with van der Waals surface area (Å²) in [5, 5.41) is 2.47. The Morgan fingerprint density at radius 2 is 1.95 bits per heavy atom. The summed E-state index contributed by atoms with van der Waals surface area (Å²) in [4.78, 5) is 8.26. The molecule has 0 aliphatic carbocycles. The van der Waals surface area contributed by atoms with Crippen molar-refractivity contribution in [2.75, 3.05) is 20.1 Å². The van der Waals surface area contributed by atoms with Crippen molar-refractivity contribution in [1.29, 1.82) is 0 Å². The fourth-order valence-electron chi connectivity index (χ4n) is 2.52. The Morgan fingerprint density at radius 3 is 2.70 bits per heavy atom. The third kappa shape index (κ3) is 2.70. The van der Waals surface area contributed by atoms with Gasteiger partial charge in [-0.2, -0.15) is 0 Å². The summed E-state index contributed by atoms with van der Waals surface area (Å²) in [5.41, 5.74) is 2.61. The monoisotopic (exact) mass is 401 g/mol. The first-order chi connectivity index (χ1) is 9.18. The largest absolute Gasteiger partial charge is 0.354 e. The zero-order valence-electron chi connectivity index (χ0n) is 12.1. The number of para-hydroxylation sites is 1. The first kappa shape index (κ1) is 15.7. The second-order valence-electron chi connectivity index (χ2n) is 5.03. The Hall–Kier alpha value is -0.690. The van der Waals surface area contributed by atoms with Crippen LogP contribution in [0.3, 0.4) is 0 Å². The Kier molecular flexibility index (Phi) is 5.01. The number of rotatable bonds is 1. The van der Waals surface area contributed by atoms with E-state index in [0.717, 1.165) is 24.7 Å². The van der Waals surface area contributed by atoms with Crippen LogP contribution >= 0.6 is 35.7 Å². The highest BCUT2D eigenvalue weighted by molar-refractivity contribution is 14.0. The molecular formula is C15H20IN3S. The number of aromatic nitrogens is 1. The van der Waals surface area contributed by atoms with Crippen LogP contribution in [0.1, 0.15) is 12.1 Å². The molecule has 5 heteroatoms. The summed E-state index contributed by atoms with van der Waals surface area (Å²) >= 11 is 1.80. The molecule has 3 rings (SSSR count). The Bertz CT molecular complexity index is 648. The van der Waals surface area contributed by atoms with Crippen LogP contribution in [0.5, 0.6) is 0 Å². The molecule has 0 N–H and O–H groups in total. The molecule has 0 amide bonds. The number of fused-ring (bicyclic) bond motifs is 1. The normalized spacial score (nSPS) is 15.2. The summed E-state index contributed by atoms with van der Waals surface area (Å²) in [6.45, 7) is 4.25. The average molecular weight is 401 g/mol. The highest BCUT2D eigenvalue weighted by Crippen LogP contribution is 2.35. The number of amidine groups is 1. The molecule has 20 heavy (non-hydrogen) atoms. The van der Waals surface area contributed by atoms with Gasteiger partial charge in [-0.3, -0.25) is 4.99 Å². The number of nitrogens with zero attached hydrogens (tertiary/aromatic N) is 3. The minimum absolute atomic E-state index is 0. The van der Waals surface area contributed by atoms with Crippen molar-refractivity contribution in [3.05, 3.63) is 30.0 Å². The van der Waals surface area contributed by atoms with Crippen LogP contribution in [0, 0.1) is 6.92 Å². The van der Waals surface area contributed by atoms with E-state index in [-0.39, 0.29) is 24.0 Å². The SMILES string of the molecule is Cc1c(SC2=NCCCN2C)c2ccccc2n1C.I. The Morgan fingerprint density at radius 1 is 1.20 bits per heavy atom. The van der Waals surface area contributed by atoms with Gasteiger partial charge in [-0.1, -0.05) is 18.2 Å². The van der Waals surface area contributed by atoms with Gasteiger partial charge in [-0.25, -0.2) is 0 Å². The Balaban J connectivity index is 0.00000147. The standard InChI is InChI=1S/C15H19N3S.HI/c1-11-14(19-15-16-9-6-10-17(15)2)12-7-4-5-8-13(12)18(11)3;/h4-5,7-8H,6,9-10H2,1-3H3;1H. The van der Waals surface area contributed by atoms with E-state index < -0.39 is 0 Å². The third-order valence-corrected chi connectivity index (χ3v) is 5.10. The molecule has 2 heterocycles. The van der Waals surface area contributed by atoms with Crippen molar-refractivity contribution in [2.45, 2.75) is 18.2 Å². The van der Waals surface area contributed by atoms with Crippen LogP contribution in [0.2, 0.25) is 0 Å². The zero-order valence-corrected chi connectivity index (χ0v) is 15.2. The van der Waals surface area contributed by atoms with Crippen molar-refractivity contribution in [2.24, 2.45) is 12.0 Å². The minimum atomic E-state index is 0. The molecule has 0 saturated carbocycles. The maximum Gasteiger partial charge on any atom is 0.163 e. The molecule has 108 valence electrons. The van der Waals surface area contributed by atoms with Crippen LogP contribution in [0.15, 0.2) is 34.2 Å². The summed E-state index contributed by atoms with van der Waals surface area (Å²) in [5.74, 6) is 0. The van der Waals surface area contributed by atoms with Gasteiger partial charge < -0.3 is 9.47 Å². The van der Waals surface area contributed by atoms with Crippen molar-refractivity contribution >= 4 is 51.8 Å². The molecule has 0 radical (unpaired) electrons. The van der Waals surface area contributed by atoms with E-state index in [1.165, 1.54) is 21.5 Å². The van der Waals surface area contributed by atoms with Gasteiger partial charge in [0.2, 0.25) is 0 Å². The number of halogens is 1. The average Bonchev–Trinajstić information content (AvgIpc) is 2.67. The lowest BCUT2D eigenvalue weighted by atomic mass is 10.2. The molecule has 0 spiro atoms. The molecule has 0 saturated heterocycles. The maximum absolute atomic E-state index is 4.66. The van der Waals surface area contributed by atoms with Crippen molar-refractivity contribution in [3.8, 4) is 0 Å². The molecular weight excluding hydrogens is 381 g/mol. The number of thioether (sulfide) groups is 1. The van der Waals surface area contributed by atoms with Crippen LogP contribution in [-0.2, 0) is 7.05 Å². The van der Waals surface area contributed by atoms with E-state index in [4.69, 9.17) is 0 Å². The van der Waals surface area contributed by atoms with Gasteiger partial charge in [0.15, 0.2) is 5.17 Å². The summed E-state index contributed by atoms with van der Waals surface area (Å²) in [7, 11) is 4.26. The molecule has 0 atom stereocenters. The first-order valence-corrected chi connectivity index (χ1v) is 7.47. The second-order valence-corrected chi connectivity index (χ2v) is 6.01. The number of aryl methyl sites for hydroxylation is 1. The first-order valence-electron chi connectivity index (χ1n) is 6.66. The van der Waals surface area contributed by atoms with Crippen molar-refractivity contribution in [1.82, 2.24) is 9.47 Å². The van der Waals surface area contributed by atoms with E-state index in [1.807, 2.05) is 0 Å². The lowest BCUT2D eigenvalue weighted by Gasteiger charge is -2.24. The molecule has 3 nitrogen and oxygen atoms in total. The molecule has 1 aromatic heterocycles. The molecule has 1 aliphatic heterocycles. The van der Waals surface area contributed by atoms with Crippen LogP contribution < -0.4 is 0 Å². The molecule has 2 aromatic rings. The van der Waals surface area contributed by atoms with E-state index in [2.05, 4.69) is 59.7 Å². The summed E-state index contributed by atoms with van der Waals surface area (Å²) in [6.07, 6.45) is 1.16. The fraction of sp³-hybridized carbons (Fsp3) is 0.400. The van der Waals surface area contributed by atoms with Gasteiger partial charge in [-0.05, 0) is 31.2 Å². The topological polar surface area (TPSA) is 20.5 Å². The lowest BCUT2D eigenvalue weighted by molar-refractivity contribution is 0.477.